The maximum absolute atomic E-state index is 14.8. The molecule has 1 fully saturated rings. The van der Waals surface area contributed by atoms with E-state index in [2.05, 4.69) is 55.5 Å². The lowest BCUT2D eigenvalue weighted by molar-refractivity contribution is -0.121. The maximum Gasteiger partial charge on any atom is 0.488 e. The molecule has 32 nitrogen and oxygen atoms in total. The van der Waals surface area contributed by atoms with Crippen molar-refractivity contribution in [2.45, 2.75) is 90.0 Å². The zero-order valence-corrected chi connectivity index (χ0v) is 55.5. The summed E-state index contributed by atoms with van der Waals surface area (Å²) in [7, 11) is -18.9. The van der Waals surface area contributed by atoms with Crippen LogP contribution in [0.3, 0.4) is 0 Å². The first kappa shape index (κ1) is 69.9. The Kier molecular flexibility index (Phi) is 20.0. The average molecular weight is 1400 g/mol. The van der Waals surface area contributed by atoms with E-state index in [-0.39, 0.29) is 55.0 Å². The fourth-order valence-electron chi connectivity index (χ4n) is 11.8. The Bertz CT molecular complexity index is 4410. The van der Waals surface area contributed by atoms with Crippen LogP contribution in [0, 0.1) is 0 Å². The number of nitrogens with zero attached hydrogens (tertiary/aromatic N) is 7. The number of fused-ring (bicyclic) bond motifs is 5. The molecule has 38 heteroatoms. The van der Waals surface area contributed by atoms with E-state index in [4.69, 9.17) is 24.5 Å². The van der Waals surface area contributed by atoms with Gasteiger partial charge in [-0.2, -0.15) is 21.1 Å². The second-order valence-corrected chi connectivity index (χ2v) is 31.6. The summed E-state index contributed by atoms with van der Waals surface area (Å²) < 4.78 is 130. The zero-order valence-electron chi connectivity index (χ0n) is 50.3. The van der Waals surface area contributed by atoms with Gasteiger partial charge >= 0.3 is 28.5 Å². The Hall–Kier alpha value is -6.46. The van der Waals surface area contributed by atoms with Crippen LogP contribution in [0.1, 0.15) is 93.2 Å². The lowest BCUT2D eigenvalue weighted by atomic mass is 9.83. The molecule has 9 rings (SSSR count). The number of imidazole rings is 1. The smallest absolute Gasteiger partial charge is 0.456 e. The molecule has 2 unspecified atom stereocenters. The van der Waals surface area contributed by atoms with E-state index in [1.54, 1.807) is 67.7 Å². The average Bonchev–Trinajstić information content (AvgIpc) is 0.921. The number of aliphatic hydroxyl groups excluding tert-OH is 1. The molecule has 0 bridgehead atoms. The summed E-state index contributed by atoms with van der Waals surface area (Å²) in [5.74, 6) is -1.71. The third-order valence-electron chi connectivity index (χ3n) is 15.4. The van der Waals surface area contributed by atoms with Gasteiger partial charge in [-0.25, -0.2) is 37.8 Å². The highest BCUT2D eigenvalue weighted by Crippen LogP contribution is 2.66. The first-order chi connectivity index (χ1) is 42.8. The molecule has 92 heavy (non-hydrogen) atoms. The molecule has 3 aromatic carbocycles. The predicted octanol–water partition coefficient (Wildman–Crippen LogP) is 2.71. The Morgan fingerprint density at radius 3 is 2.20 bits per heavy atom. The van der Waals surface area contributed by atoms with Crippen molar-refractivity contribution in [2.24, 2.45) is 0 Å². The highest BCUT2D eigenvalue weighted by Gasteiger charge is 2.50. The maximum atomic E-state index is 14.8. The lowest BCUT2D eigenvalue weighted by Crippen LogP contribution is -2.50. The van der Waals surface area contributed by atoms with Crippen LogP contribution in [0.25, 0.3) is 27.9 Å². The third kappa shape index (κ3) is 15.7. The number of carbonyl (C=O) groups excluding carboxylic acids is 3. The number of aliphatic hydroxyl groups is 1. The Morgan fingerprint density at radius 1 is 0.859 bits per heavy atom. The Balaban J connectivity index is 0.912. The number of nitrogens with one attached hydrogen (secondary N) is 2. The van der Waals surface area contributed by atoms with Gasteiger partial charge in [0.25, 0.3) is 26.1 Å². The number of rotatable bonds is 24. The van der Waals surface area contributed by atoms with E-state index in [1.165, 1.54) is 9.47 Å². The molecule has 11 N–H and O–H groups in total. The normalized spacial score (nSPS) is 20.5. The molecule has 1 saturated heterocycles. The van der Waals surface area contributed by atoms with Crippen molar-refractivity contribution in [3.8, 4) is 11.5 Å². The fraction of sp³-hybridized carbons (Fsp3) is 0.426. The van der Waals surface area contributed by atoms with Gasteiger partial charge in [0, 0.05) is 92.7 Å². The molecule has 0 spiro atoms. The van der Waals surface area contributed by atoms with Gasteiger partial charge in [-0.05, 0) is 86.9 Å². The van der Waals surface area contributed by atoms with E-state index in [1.807, 2.05) is 41.5 Å². The zero-order chi connectivity index (χ0) is 67.4. The topological polar surface area (TPSA) is 454 Å². The molecule has 4 aliphatic heterocycles. The van der Waals surface area contributed by atoms with Gasteiger partial charge in [-0.1, -0.05) is 24.3 Å². The van der Waals surface area contributed by atoms with Crippen LogP contribution in [-0.4, -0.2) is 180 Å². The molecule has 0 saturated carbocycles. The first-order valence-corrected chi connectivity index (χ1v) is 37.1. The molecule has 6 heterocycles. The molecule has 4 aliphatic rings. The van der Waals surface area contributed by atoms with Crippen LogP contribution in [0.2, 0.25) is 0 Å². The summed E-state index contributed by atoms with van der Waals surface area (Å²) in [5.41, 5.74) is 8.32. The summed E-state index contributed by atoms with van der Waals surface area (Å²) in [6.07, 6.45) is -2.02. The number of phosphoric ester groups is 1. The number of nitrogens with two attached hydrogens (primary N) is 1. The molecular formula is C54H68N10O22P3S3+. The van der Waals surface area contributed by atoms with Gasteiger partial charge in [0.15, 0.2) is 29.3 Å². The Morgan fingerprint density at radius 2 is 1.53 bits per heavy atom. The number of amides is 3. The monoisotopic (exact) mass is 1400 g/mol. The van der Waals surface area contributed by atoms with Crippen molar-refractivity contribution in [2.75, 3.05) is 68.5 Å². The molecule has 6 atom stereocenters. The van der Waals surface area contributed by atoms with E-state index < -0.39 is 114 Å². The van der Waals surface area contributed by atoms with Crippen molar-refractivity contribution in [1.29, 1.82) is 0 Å². The highest BCUT2D eigenvalue weighted by molar-refractivity contribution is 8.08. The Labute approximate surface area is 532 Å². The van der Waals surface area contributed by atoms with Crippen LogP contribution < -0.4 is 41.2 Å². The number of anilines is 2. The third-order valence-corrected chi connectivity index (χ3v) is 21.2. The van der Waals surface area contributed by atoms with E-state index in [0.717, 1.165) is 12.7 Å². The standard InChI is InChI=1S/C54H67N10O22P3S3/c1-8-63-38-21-40-36(19-34(38)30(23-53(63,3)4)26-91(75,76)77)44(37-20-35-31(27-92(78,79)80)24-54(5,6)64(9-2)39(35)22-41(37)82-40)32-13-10-11-14-33(32)50(67)61(7)18-12-15-43(65)56-16-17-57-52(68)84-47-46(66)42(25-81-87(69,70)85-88(71,72)86-89(73,74)90)83-51(47)62-29-60-45-48(55)58-28-59-49(45)62/h10-11,13-14,19-24,28-29,42,46-47,51,66H,8-9,12,15-18,25-27H2,1-7H3,(H9-,55,56,57,58,59,65,68,69,70,71,72,73,74,75,76,77,78,79,80,90)/p+1/t42-,46-,47-,51-/m1/s1. The van der Waals surface area contributed by atoms with Crippen LogP contribution in [0.4, 0.5) is 16.3 Å². The summed E-state index contributed by atoms with van der Waals surface area (Å²) in [4.78, 5) is 95.2. The quantitative estimate of drug-likeness (QED) is 0.0180. The van der Waals surface area contributed by atoms with Crippen molar-refractivity contribution in [3.05, 3.63) is 112 Å². The molecule has 0 aliphatic carbocycles. The second-order valence-electron chi connectivity index (χ2n) is 22.8. The van der Waals surface area contributed by atoms with Crippen LogP contribution in [-0.2, 0) is 68.6 Å². The van der Waals surface area contributed by atoms with Crippen molar-refractivity contribution < 1.29 is 101 Å². The summed E-state index contributed by atoms with van der Waals surface area (Å²) in [6.45, 7) is 6.26. The number of likely N-dealkylation sites (N-methyl/N-ethyl adjacent to an activating group) is 2. The van der Waals surface area contributed by atoms with Gasteiger partial charge in [0.1, 0.15) is 53.6 Å². The fourth-order valence-corrected chi connectivity index (χ4v) is 16.9. The first-order valence-electron chi connectivity index (χ1n) is 28.2. The van der Waals surface area contributed by atoms with Crippen LogP contribution in [0.5, 0.6) is 11.5 Å². The predicted molar refractivity (Wildman–Crippen MR) is 336 cm³/mol. The summed E-state index contributed by atoms with van der Waals surface area (Å²) in [6, 6.07) is 13.9. The molecule has 498 valence electrons. The number of carbonyl (C=O) groups is 3. The number of hydrogen-bond acceptors (Lipinski definition) is 22. The van der Waals surface area contributed by atoms with Gasteiger partial charge in [0.2, 0.25) is 11.3 Å². The number of aromatic nitrogens is 4. The number of ether oxygens (including phenoxy) is 3. The number of phosphoric acid groups is 2. The van der Waals surface area contributed by atoms with Gasteiger partial charge in [-0.15, -0.1) is 0 Å². The number of hydrogen-bond donors (Lipinski definition) is 10. The van der Waals surface area contributed by atoms with Gasteiger partial charge in [-0.3, -0.25) is 27.8 Å². The second kappa shape index (κ2) is 26.4. The van der Waals surface area contributed by atoms with E-state index in [9.17, 15) is 74.1 Å². The minimum atomic E-state index is -5.71. The summed E-state index contributed by atoms with van der Waals surface area (Å²) in [5, 5.41) is 17.5. The lowest BCUT2D eigenvalue weighted by Gasteiger charge is -2.43. The SMILES string of the molecule is CCN1c2cc3c(cc2C(CS(=O)(=O)O)=CC1(C)C)C(c1ccccc1C(=O)N(C)CCCC(=O)NCCNC(=O)O[C@@H]1[C@H](O)[C@@H](COP(=O)(O)OP(=O)(O)OP(O)(O)=S)O[C@H]1n1cnc2c(N)ncnc21)=c1cc2c(cc1O3)=[N+](CC)C(C)(C)C=C2CS(=O)(=O)O. The van der Waals surface area contributed by atoms with Crippen LogP contribution >= 0.6 is 22.4 Å². The number of benzene rings is 3. The highest BCUT2D eigenvalue weighted by atomic mass is 32.5. The van der Waals surface area contributed by atoms with Crippen LogP contribution in [0.15, 0.2) is 73.3 Å². The van der Waals surface area contributed by atoms with Gasteiger partial charge < -0.3 is 65.1 Å². The van der Waals surface area contributed by atoms with Crippen molar-refractivity contribution >= 4 is 112 Å². The van der Waals surface area contributed by atoms with Crippen molar-refractivity contribution in [1.82, 2.24) is 39.6 Å². The molecule has 5 aromatic rings. The molecule has 2 aromatic heterocycles. The van der Waals surface area contributed by atoms with E-state index >= 15 is 0 Å². The van der Waals surface area contributed by atoms with Crippen molar-refractivity contribution in [3.63, 3.8) is 0 Å². The van der Waals surface area contributed by atoms with E-state index in [0.29, 0.717) is 79.8 Å². The molecule has 3 amide bonds. The molecular weight excluding hydrogens is 1330 g/mol. The number of nitrogen functional groups attached to an aromatic ring is 1. The summed E-state index contributed by atoms with van der Waals surface area (Å²) >= 11 is 4.10. The largest absolute Gasteiger partial charge is 0.488 e. The minimum absolute atomic E-state index is 0.0300. The number of alkyl carbamates (subject to hydrolysis) is 1. The molecule has 0 radical (unpaired) electrons. The van der Waals surface area contributed by atoms with Gasteiger partial charge in [0.05, 0.1) is 30.1 Å². The minimum Gasteiger partial charge on any atom is -0.456 e.